The summed E-state index contributed by atoms with van der Waals surface area (Å²) in [5.41, 5.74) is 8.05. The second-order valence-electron chi connectivity index (χ2n) is 6.12. The fourth-order valence-corrected chi connectivity index (χ4v) is 3.44. The third kappa shape index (κ3) is 2.91. The molecule has 1 aromatic rings. The first-order chi connectivity index (χ1) is 9.19. The van der Waals surface area contributed by atoms with E-state index >= 15 is 0 Å². The number of halogens is 1. The lowest BCUT2D eigenvalue weighted by atomic mass is 9.82. The van der Waals surface area contributed by atoms with Crippen LogP contribution >= 0.6 is 12.4 Å². The molecule has 1 saturated carbocycles. The van der Waals surface area contributed by atoms with Crippen LogP contribution in [0.25, 0.3) is 0 Å². The summed E-state index contributed by atoms with van der Waals surface area (Å²) in [6.45, 7) is 0. The van der Waals surface area contributed by atoms with Gasteiger partial charge in [-0.3, -0.25) is 4.79 Å². The van der Waals surface area contributed by atoms with Crippen molar-refractivity contribution in [1.29, 1.82) is 0 Å². The zero-order chi connectivity index (χ0) is 13.3. The molecule has 3 N–H and O–H groups in total. The van der Waals surface area contributed by atoms with Crippen LogP contribution in [-0.2, 0) is 18.4 Å². The highest BCUT2D eigenvalue weighted by Gasteiger charge is 2.32. The number of aryl methyl sites for hydroxylation is 1. The monoisotopic (exact) mass is 297 g/mol. The molecule has 3 rings (SSSR count). The van der Waals surface area contributed by atoms with Crippen LogP contribution < -0.4 is 11.3 Å². The zero-order valence-corrected chi connectivity index (χ0v) is 12.7. The molecule has 1 heterocycles. The van der Waals surface area contributed by atoms with E-state index in [1.807, 2.05) is 0 Å². The Kier molecular flexibility index (Phi) is 4.86. The van der Waals surface area contributed by atoms with Crippen molar-refractivity contribution >= 4 is 12.4 Å². The van der Waals surface area contributed by atoms with E-state index in [0.717, 1.165) is 68.4 Å². The molecule has 0 aromatic carbocycles. The maximum absolute atomic E-state index is 12.3. The van der Waals surface area contributed by atoms with Gasteiger partial charge in [-0.25, -0.2) is 4.98 Å². The van der Waals surface area contributed by atoms with E-state index < -0.39 is 5.54 Å². The topological polar surface area (TPSA) is 71.8 Å². The number of nitrogens with zero attached hydrogens (tertiary/aromatic N) is 1. The van der Waals surface area contributed by atoms with Gasteiger partial charge in [0.05, 0.1) is 11.2 Å². The van der Waals surface area contributed by atoms with Crippen molar-refractivity contribution in [2.24, 2.45) is 5.73 Å². The Morgan fingerprint density at radius 2 is 1.65 bits per heavy atom. The smallest absolute Gasteiger partial charge is 0.254 e. The Bertz CT molecular complexity index is 520. The fourth-order valence-electron chi connectivity index (χ4n) is 3.44. The summed E-state index contributed by atoms with van der Waals surface area (Å²) in [6.07, 6.45) is 10.6. The molecule has 2 aliphatic carbocycles. The number of nitrogens with one attached hydrogen (secondary N) is 1. The molecule has 2 aliphatic rings. The van der Waals surface area contributed by atoms with Crippen LogP contribution in [0, 0.1) is 0 Å². The number of aromatic nitrogens is 2. The molecule has 0 saturated heterocycles. The highest BCUT2D eigenvalue weighted by molar-refractivity contribution is 5.85. The number of rotatable bonds is 1. The minimum atomic E-state index is -0.404. The van der Waals surface area contributed by atoms with Crippen LogP contribution in [0.15, 0.2) is 4.79 Å². The minimum Gasteiger partial charge on any atom is -0.319 e. The van der Waals surface area contributed by atoms with Gasteiger partial charge < -0.3 is 10.7 Å². The number of hydrogen-bond donors (Lipinski definition) is 2. The van der Waals surface area contributed by atoms with Gasteiger partial charge in [-0.2, -0.15) is 0 Å². The average molecular weight is 298 g/mol. The number of nitrogens with two attached hydrogens (primary N) is 1. The quantitative estimate of drug-likeness (QED) is 0.783. The molecule has 1 aromatic heterocycles. The van der Waals surface area contributed by atoms with Crippen LogP contribution in [0.4, 0.5) is 0 Å². The second-order valence-corrected chi connectivity index (χ2v) is 6.12. The van der Waals surface area contributed by atoms with Gasteiger partial charge in [-0.15, -0.1) is 12.4 Å². The molecule has 5 heteroatoms. The third-order valence-electron chi connectivity index (χ3n) is 4.66. The van der Waals surface area contributed by atoms with E-state index in [0.29, 0.717) is 0 Å². The average Bonchev–Trinajstić information content (AvgIpc) is 2.65. The molecule has 4 nitrogen and oxygen atoms in total. The molecule has 0 radical (unpaired) electrons. The molecular weight excluding hydrogens is 274 g/mol. The Hall–Kier alpha value is -0.870. The van der Waals surface area contributed by atoms with E-state index in [-0.39, 0.29) is 18.0 Å². The minimum absolute atomic E-state index is 0. The Labute approximate surface area is 126 Å². The molecule has 0 aliphatic heterocycles. The van der Waals surface area contributed by atoms with E-state index in [2.05, 4.69) is 4.98 Å². The molecular formula is C15H24ClN3O. The van der Waals surface area contributed by atoms with Gasteiger partial charge >= 0.3 is 0 Å². The van der Waals surface area contributed by atoms with E-state index in [1.165, 1.54) is 12.8 Å². The largest absolute Gasteiger partial charge is 0.319 e. The first kappa shape index (κ1) is 15.5. The number of fused-ring (bicyclic) bond motifs is 1. The SMILES string of the molecule is Cl.NC1(c2nc3c(c(=O)[nH]2)CCCCC3)CCCCC1. The first-order valence-corrected chi connectivity index (χ1v) is 7.60. The zero-order valence-electron chi connectivity index (χ0n) is 11.9. The summed E-state index contributed by atoms with van der Waals surface area (Å²) in [7, 11) is 0. The van der Waals surface area contributed by atoms with Crippen molar-refractivity contribution in [3.05, 3.63) is 27.4 Å². The highest BCUT2D eigenvalue weighted by atomic mass is 35.5. The highest BCUT2D eigenvalue weighted by Crippen LogP contribution is 2.32. The summed E-state index contributed by atoms with van der Waals surface area (Å²) in [6, 6.07) is 0. The summed E-state index contributed by atoms with van der Waals surface area (Å²) >= 11 is 0. The van der Waals surface area contributed by atoms with Crippen molar-refractivity contribution in [2.45, 2.75) is 69.7 Å². The van der Waals surface area contributed by atoms with Gasteiger partial charge in [-0.1, -0.05) is 25.7 Å². The van der Waals surface area contributed by atoms with E-state index in [9.17, 15) is 4.79 Å². The van der Waals surface area contributed by atoms with Crippen molar-refractivity contribution in [2.75, 3.05) is 0 Å². The first-order valence-electron chi connectivity index (χ1n) is 7.60. The van der Waals surface area contributed by atoms with Crippen LogP contribution in [0.5, 0.6) is 0 Å². The molecule has 0 bridgehead atoms. The van der Waals surface area contributed by atoms with Crippen LogP contribution in [0.3, 0.4) is 0 Å². The Balaban J connectivity index is 0.00000147. The fraction of sp³-hybridized carbons (Fsp3) is 0.733. The van der Waals surface area contributed by atoms with E-state index in [4.69, 9.17) is 10.7 Å². The molecule has 20 heavy (non-hydrogen) atoms. The normalized spacial score (nSPS) is 21.4. The molecule has 0 unspecified atom stereocenters. The van der Waals surface area contributed by atoms with Gasteiger partial charge in [0.2, 0.25) is 0 Å². The number of hydrogen-bond acceptors (Lipinski definition) is 3. The van der Waals surface area contributed by atoms with Crippen molar-refractivity contribution < 1.29 is 0 Å². The predicted molar refractivity (Wildman–Crippen MR) is 82.3 cm³/mol. The summed E-state index contributed by atoms with van der Waals surface area (Å²) < 4.78 is 0. The molecule has 112 valence electrons. The van der Waals surface area contributed by atoms with Crippen LogP contribution in [0.1, 0.15) is 68.4 Å². The predicted octanol–water partition coefficient (Wildman–Crippen LogP) is 2.58. The lowest BCUT2D eigenvalue weighted by Crippen LogP contribution is -2.42. The maximum atomic E-state index is 12.3. The summed E-state index contributed by atoms with van der Waals surface area (Å²) in [4.78, 5) is 20.0. The van der Waals surface area contributed by atoms with Crippen molar-refractivity contribution in [3.8, 4) is 0 Å². The van der Waals surface area contributed by atoms with Gasteiger partial charge in [0.25, 0.3) is 5.56 Å². The molecule has 0 atom stereocenters. The molecule has 0 amide bonds. The van der Waals surface area contributed by atoms with Gasteiger partial charge in [-0.05, 0) is 38.5 Å². The number of aromatic amines is 1. The second kappa shape index (κ2) is 6.27. The van der Waals surface area contributed by atoms with Crippen LogP contribution in [-0.4, -0.2) is 9.97 Å². The Morgan fingerprint density at radius 3 is 2.40 bits per heavy atom. The van der Waals surface area contributed by atoms with E-state index in [1.54, 1.807) is 0 Å². The van der Waals surface area contributed by atoms with Gasteiger partial charge in [0.15, 0.2) is 0 Å². The van der Waals surface area contributed by atoms with Gasteiger partial charge in [0.1, 0.15) is 5.82 Å². The lowest BCUT2D eigenvalue weighted by molar-refractivity contribution is 0.285. The maximum Gasteiger partial charge on any atom is 0.254 e. The molecule has 1 fully saturated rings. The lowest BCUT2D eigenvalue weighted by Gasteiger charge is -2.32. The van der Waals surface area contributed by atoms with Crippen LogP contribution in [0.2, 0.25) is 0 Å². The van der Waals surface area contributed by atoms with Gasteiger partial charge in [0, 0.05) is 5.56 Å². The molecule has 0 spiro atoms. The third-order valence-corrected chi connectivity index (χ3v) is 4.66. The standard InChI is InChI=1S/C15H23N3O.ClH/c16-15(9-5-2-6-10-15)14-17-12-8-4-1-3-7-11(12)13(19)18-14;/h1-10,16H2,(H,17,18,19);1H. The van der Waals surface area contributed by atoms with Crippen molar-refractivity contribution in [1.82, 2.24) is 9.97 Å². The van der Waals surface area contributed by atoms with Crippen molar-refractivity contribution in [3.63, 3.8) is 0 Å². The number of H-pyrrole nitrogens is 1. The Morgan fingerprint density at radius 1 is 1.00 bits per heavy atom. The summed E-state index contributed by atoms with van der Waals surface area (Å²) in [5.74, 6) is 0.734. The summed E-state index contributed by atoms with van der Waals surface area (Å²) in [5, 5.41) is 0.